The zero-order valence-electron chi connectivity index (χ0n) is 35.4. The monoisotopic (exact) mass is 798 g/mol. The Bertz CT molecular complexity index is 2240. The number of fused-ring (bicyclic) bond motifs is 4. The normalized spacial score (nSPS) is 53.5. The fourth-order valence-corrected chi connectivity index (χ4v) is 20.0. The Morgan fingerprint density at radius 3 is 2.75 bits per heavy atom. The van der Waals surface area contributed by atoms with E-state index in [0.29, 0.717) is 72.5 Å². The van der Waals surface area contributed by atoms with Gasteiger partial charge in [0.25, 0.3) is 0 Å². The van der Waals surface area contributed by atoms with E-state index in [2.05, 4.69) is 49.9 Å². The number of piperidine rings is 4. The molecule has 0 amide bonds. The first-order valence-electron chi connectivity index (χ1n) is 24.4. The van der Waals surface area contributed by atoms with Crippen LogP contribution in [0.4, 0.5) is 0 Å². The molecule has 8 fully saturated rings. The number of nitrogens with zero attached hydrogens (tertiary/aromatic N) is 1. The maximum absolute atomic E-state index is 16.0. The highest BCUT2D eigenvalue weighted by Gasteiger charge is 2.94. The number of hydrogen-bond donors (Lipinski definition) is 3. The molecule has 14 aliphatic rings. The van der Waals surface area contributed by atoms with Crippen molar-refractivity contribution in [1.82, 2.24) is 4.90 Å². The maximum atomic E-state index is 16.0. The van der Waals surface area contributed by atoms with Crippen molar-refractivity contribution >= 4 is 11.9 Å². The van der Waals surface area contributed by atoms with Gasteiger partial charge in [-0.2, -0.15) is 0 Å². The summed E-state index contributed by atoms with van der Waals surface area (Å²) in [4.78, 5) is 35.7. The molecule has 6 aliphatic carbocycles. The van der Waals surface area contributed by atoms with Gasteiger partial charge in [0.2, 0.25) is 0 Å². The average molecular weight is 799 g/mol. The fourth-order valence-electron chi connectivity index (χ4n) is 20.0. The smallest absolute Gasteiger partial charge is 0.339 e. The van der Waals surface area contributed by atoms with Crippen LogP contribution in [0.1, 0.15) is 126 Å². The molecule has 8 heteroatoms. The molecule has 1 aromatic carbocycles. The van der Waals surface area contributed by atoms with Crippen LogP contribution in [-0.2, 0) is 26.3 Å². The molecule has 19 atom stereocenters. The number of esters is 2. The number of allylic oxidation sites excluding steroid dienone is 2. The Morgan fingerprint density at radius 2 is 1.88 bits per heavy atom. The Labute approximate surface area is 349 Å². The number of aliphatic hydroxyl groups excluding tert-OH is 1. The molecule has 4 N–H and O–H groups in total. The summed E-state index contributed by atoms with van der Waals surface area (Å²) in [5.74, 6) is 3.58. The summed E-state index contributed by atoms with van der Waals surface area (Å²) in [7, 11) is 0. The number of rotatable bonds is 3. The minimum atomic E-state index is -1.10. The summed E-state index contributed by atoms with van der Waals surface area (Å²) in [5, 5.41) is 13.3. The van der Waals surface area contributed by atoms with Crippen LogP contribution in [0.3, 0.4) is 0 Å². The van der Waals surface area contributed by atoms with Gasteiger partial charge in [-0.05, 0) is 125 Å². The van der Waals surface area contributed by atoms with Gasteiger partial charge in [0.1, 0.15) is 11.2 Å². The van der Waals surface area contributed by atoms with Gasteiger partial charge in [0.15, 0.2) is 11.4 Å². The third-order valence-electron chi connectivity index (χ3n) is 21.6. The first-order chi connectivity index (χ1) is 28.6. The summed E-state index contributed by atoms with van der Waals surface area (Å²) in [6, 6.07) is 8.32. The minimum absolute atomic E-state index is 0.136. The number of aryl methyl sites for hydroxylation is 1. The van der Waals surface area contributed by atoms with Crippen LogP contribution in [0.5, 0.6) is 0 Å². The molecule has 312 valence electrons. The van der Waals surface area contributed by atoms with Crippen molar-refractivity contribution < 1.29 is 29.1 Å². The minimum Gasteiger partial charge on any atom is -0.508 e. The zero-order chi connectivity index (χ0) is 39.7. The molecule has 4 spiro atoms. The van der Waals surface area contributed by atoms with E-state index in [0.717, 1.165) is 68.5 Å². The van der Waals surface area contributed by atoms with Crippen molar-refractivity contribution in [2.24, 2.45) is 75.2 Å². The van der Waals surface area contributed by atoms with Crippen LogP contribution in [0.25, 0.3) is 0 Å². The molecule has 19 unspecified atom stereocenters. The van der Waals surface area contributed by atoms with Gasteiger partial charge in [-0.1, -0.05) is 49.3 Å². The summed E-state index contributed by atoms with van der Waals surface area (Å²) in [6.45, 7) is 10.3. The van der Waals surface area contributed by atoms with Crippen molar-refractivity contribution in [2.75, 3.05) is 19.6 Å². The molecule has 0 radical (unpaired) electrons. The van der Waals surface area contributed by atoms with E-state index >= 15 is 4.79 Å². The number of nitrogens with two attached hydrogens (primary N) is 1. The molecule has 8 aliphatic heterocycles. The lowest BCUT2D eigenvalue weighted by molar-refractivity contribution is -0.978. The molecular weight excluding hydrogens is 735 g/mol. The number of carbonyl (C=O) groups is 2. The van der Waals surface area contributed by atoms with E-state index in [1.54, 1.807) is 11.1 Å². The van der Waals surface area contributed by atoms with E-state index in [4.69, 9.17) is 15.2 Å². The number of ether oxygens (including phenoxy) is 2. The lowest BCUT2D eigenvalue weighted by atomic mass is 9.26. The molecule has 59 heavy (non-hydrogen) atoms. The highest BCUT2D eigenvalue weighted by Crippen LogP contribution is 2.89. The molecule has 8 nitrogen and oxygen atoms in total. The van der Waals surface area contributed by atoms with Crippen LogP contribution >= 0.6 is 0 Å². The lowest BCUT2D eigenvalue weighted by Gasteiger charge is -2.75. The first-order valence-corrected chi connectivity index (χ1v) is 24.4. The van der Waals surface area contributed by atoms with E-state index in [9.17, 15) is 9.90 Å². The van der Waals surface area contributed by atoms with Gasteiger partial charge in [-0.25, -0.2) is 4.79 Å². The number of nitrogens with one attached hydrogen (secondary N) is 1. The van der Waals surface area contributed by atoms with Crippen LogP contribution < -0.4 is 10.6 Å². The van der Waals surface area contributed by atoms with Crippen LogP contribution in [-0.4, -0.2) is 65.7 Å². The molecule has 1 aromatic rings. The number of quaternary nitrogens is 1. The van der Waals surface area contributed by atoms with Gasteiger partial charge < -0.3 is 25.2 Å². The highest BCUT2D eigenvalue weighted by molar-refractivity contribution is 6.00. The highest BCUT2D eigenvalue weighted by atomic mass is 16.6. The number of benzene rings is 1. The second-order valence-corrected chi connectivity index (χ2v) is 22.9. The summed E-state index contributed by atoms with van der Waals surface area (Å²) >= 11 is 0. The van der Waals surface area contributed by atoms with Crippen LogP contribution in [0.2, 0.25) is 0 Å². The largest absolute Gasteiger partial charge is 0.508 e. The molecular formula is C51H64N3O5+. The molecule has 8 heterocycles. The van der Waals surface area contributed by atoms with Crippen molar-refractivity contribution in [3.8, 4) is 0 Å². The topological polar surface area (TPSA) is 107 Å². The number of hydrogen-bond acceptors (Lipinski definition) is 7. The quantitative estimate of drug-likeness (QED) is 0.236. The van der Waals surface area contributed by atoms with Gasteiger partial charge in [0.05, 0.1) is 29.6 Å². The third kappa shape index (κ3) is 3.69. The van der Waals surface area contributed by atoms with E-state index in [-0.39, 0.29) is 52.8 Å². The Balaban J connectivity index is 1.10. The van der Waals surface area contributed by atoms with Crippen molar-refractivity contribution in [2.45, 2.75) is 140 Å². The fraction of sp³-hybridized carbons (Fsp3) is 0.725. The standard InChI is InChI=1S/C51H63N3O5/c1-25-18-29-13-15-48-22-35(29)41-34-14-16-49-45(58-47(57)50(41,49)39(19-25)51(49)36-8-4-6-28(7-5-17-52)40(36)46(56)59-51)44(55)33-10-12-37-32-21-31(23-53(37)27(33)3)38-11-9-30(20-26(48)2)43(42(34)48)54(38)24-32/h4,6,8,18,25-27,30-33,35,37-39,42-43,55H,5,7,9-17,19-24,52H2,1-3H3/p+1. The maximum Gasteiger partial charge on any atom is 0.339 e. The van der Waals surface area contributed by atoms with Gasteiger partial charge in [-0.3, -0.25) is 9.69 Å². The molecule has 0 aromatic heterocycles. The summed E-state index contributed by atoms with van der Waals surface area (Å²) < 4.78 is 14.2. The molecule has 12 bridgehead atoms. The number of aliphatic hydroxyl groups is 1. The van der Waals surface area contributed by atoms with Crippen molar-refractivity contribution in [3.05, 3.63) is 69.2 Å². The second kappa shape index (κ2) is 11.4. The van der Waals surface area contributed by atoms with E-state index in [1.807, 2.05) is 4.90 Å². The molecule has 5 saturated heterocycles. The van der Waals surface area contributed by atoms with Crippen LogP contribution in [0, 0.1) is 69.5 Å². The summed E-state index contributed by atoms with van der Waals surface area (Å²) in [6.07, 6.45) is 17.3. The van der Waals surface area contributed by atoms with Gasteiger partial charge in [0, 0.05) is 72.0 Å². The predicted molar refractivity (Wildman–Crippen MR) is 221 cm³/mol. The number of carbonyl (C=O) groups excluding carboxylic acids is 2. The summed E-state index contributed by atoms with van der Waals surface area (Å²) in [5.41, 5.74) is 10.4. The predicted octanol–water partition coefficient (Wildman–Crippen LogP) is 6.55. The third-order valence-corrected chi connectivity index (χ3v) is 21.6. The van der Waals surface area contributed by atoms with E-state index in [1.165, 1.54) is 44.2 Å². The van der Waals surface area contributed by atoms with E-state index < -0.39 is 16.4 Å². The Morgan fingerprint density at radius 1 is 1.00 bits per heavy atom. The zero-order valence-corrected chi connectivity index (χ0v) is 35.4. The Kier molecular flexibility index (Phi) is 6.86. The Hall–Kier alpha value is -2.94. The average Bonchev–Trinajstić information content (AvgIpc) is 3.68. The van der Waals surface area contributed by atoms with Gasteiger partial charge in [-0.15, -0.1) is 0 Å². The van der Waals surface area contributed by atoms with Crippen LogP contribution in [0.15, 0.2) is 52.5 Å². The molecule has 15 rings (SSSR count). The van der Waals surface area contributed by atoms with Crippen molar-refractivity contribution in [3.63, 3.8) is 0 Å². The SMILES string of the molecule is CC1C=C2CCC34CC2C2=C5CCC67C(=C(O)C8CCC9C%10CC(CN9C8C)C8CCC(CC3C)C(C54)[NH+]8C%10)OC(=O)C26C(C1)C71OC(=O)c2c(CCCN)cccc21. The molecule has 3 saturated carbocycles. The second-order valence-electron chi connectivity index (χ2n) is 22.9. The first kappa shape index (κ1) is 35.6. The lowest BCUT2D eigenvalue weighted by Crippen LogP contribution is -3.24. The van der Waals surface area contributed by atoms with Crippen molar-refractivity contribution in [1.29, 1.82) is 0 Å². The van der Waals surface area contributed by atoms with Gasteiger partial charge >= 0.3 is 11.9 Å².